The summed E-state index contributed by atoms with van der Waals surface area (Å²) in [7, 11) is 0. The van der Waals surface area contributed by atoms with Gasteiger partial charge in [-0.1, -0.05) is 33.7 Å². The van der Waals surface area contributed by atoms with Gasteiger partial charge in [0.2, 0.25) is 0 Å². The van der Waals surface area contributed by atoms with E-state index in [0.29, 0.717) is 0 Å². The third-order valence-corrected chi connectivity index (χ3v) is 3.47. The molecule has 0 radical (unpaired) electrons. The van der Waals surface area contributed by atoms with Crippen molar-refractivity contribution in [1.82, 2.24) is 0 Å². The minimum atomic E-state index is 0.840. The van der Waals surface area contributed by atoms with Crippen LogP contribution in [0.3, 0.4) is 0 Å². The molecule has 1 rings (SSSR count). The van der Waals surface area contributed by atoms with E-state index < -0.39 is 0 Å². The van der Waals surface area contributed by atoms with Gasteiger partial charge >= 0.3 is 0 Å². The fraction of sp³-hybridized carbons (Fsp3) is 0.714. The fourth-order valence-electron chi connectivity index (χ4n) is 1.02. The zero-order chi connectivity index (χ0) is 6.15. The van der Waals surface area contributed by atoms with Crippen LogP contribution < -0.4 is 0 Å². The molecule has 0 heterocycles. The zero-order valence-corrected chi connectivity index (χ0v) is 7.53. The van der Waals surface area contributed by atoms with Crippen LogP contribution in [0.15, 0.2) is 11.1 Å². The second-order valence-corrected chi connectivity index (χ2v) is 3.97. The molecule has 1 unspecified atom stereocenters. The van der Waals surface area contributed by atoms with Gasteiger partial charge < -0.3 is 0 Å². The van der Waals surface area contributed by atoms with E-state index in [-0.39, 0.29) is 0 Å². The molecule has 0 aromatic carbocycles. The van der Waals surface area contributed by atoms with Crippen molar-refractivity contribution in [1.29, 1.82) is 0 Å². The third-order valence-electron chi connectivity index (χ3n) is 1.92. The highest BCUT2D eigenvalue weighted by Gasteiger charge is 2.15. The molecule has 0 bridgehead atoms. The lowest BCUT2D eigenvalue weighted by molar-refractivity contribution is 0.928. The van der Waals surface area contributed by atoms with Crippen LogP contribution in [0.2, 0.25) is 0 Å². The second kappa shape index (κ2) is 2.38. The monoisotopic (exact) mass is 222 g/mol. The first kappa shape index (κ1) is 6.59. The van der Waals surface area contributed by atoms with Gasteiger partial charge in [-0.05, 0) is 26.7 Å². The first-order chi connectivity index (χ1) is 3.72. The van der Waals surface area contributed by atoms with Crippen molar-refractivity contribution in [3.8, 4) is 0 Å². The van der Waals surface area contributed by atoms with Crippen molar-refractivity contribution < 1.29 is 0 Å². The van der Waals surface area contributed by atoms with Gasteiger partial charge in [-0.15, -0.1) is 0 Å². The van der Waals surface area contributed by atoms with Crippen molar-refractivity contribution in [2.45, 2.75) is 30.6 Å². The predicted octanol–water partition coefficient (Wildman–Crippen LogP) is 2.92. The first-order valence-electron chi connectivity index (χ1n) is 3.02. The summed E-state index contributed by atoms with van der Waals surface area (Å²) in [5.74, 6) is 0. The molecular weight excluding hydrogens is 211 g/mol. The summed E-state index contributed by atoms with van der Waals surface area (Å²) in [6.07, 6.45) is 2.71. The highest BCUT2D eigenvalue weighted by atomic mass is 127. The van der Waals surface area contributed by atoms with Crippen molar-refractivity contribution in [2.75, 3.05) is 0 Å². The topological polar surface area (TPSA) is 0 Å². The third kappa shape index (κ3) is 1.07. The summed E-state index contributed by atoms with van der Waals surface area (Å²) in [6.45, 7) is 4.49. The summed E-state index contributed by atoms with van der Waals surface area (Å²) in [5, 5.41) is 0. The molecule has 46 valence electrons. The van der Waals surface area contributed by atoms with Crippen LogP contribution in [-0.4, -0.2) is 3.92 Å². The summed E-state index contributed by atoms with van der Waals surface area (Å²) < 4.78 is 0.840. The largest absolute Gasteiger partial charge is 0.0778 e. The SMILES string of the molecule is CC1=C(C)C(I)CC1. The number of rotatable bonds is 0. The Morgan fingerprint density at radius 3 is 2.25 bits per heavy atom. The van der Waals surface area contributed by atoms with E-state index in [2.05, 4.69) is 36.4 Å². The molecule has 0 N–H and O–H groups in total. The van der Waals surface area contributed by atoms with Gasteiger partial charge in [-0.25, -0.2) is 0 Å². The average molecular weight is 222 g/mol. The highest BCUT2D eigenvalue weighted by molar-refractivity contribution is 14.1. The maximum absolute atomic E-state index is 2.52. The summed E-state index contributed by atoms with van der Waals surface area (Å²) >= 11 is 2.52. The average Bonchev–Trinajstić information content (AvgIpc) is 1.98. The van der Waals surface area contributed by atoms with E-state index in [4.69, 9.17) is 0 Å². The zero-order valence-electron chi connectivity index (χ0n) is 5.37. The lowest BCUT2D eigenvalue weighted by Crippen LogP contribution is -1.89. The number of alkyl halides is 1. The van der Waals surface area contributed by atoms with E-state index in [1.54, 1.807) is 11.1 Å². The first-order valence-corrected chi connectivity index (χ1v) is 4.26. The molecule has 1 atom stereocenters. The van der Waals surface area contributed by atoms with E-state index in [0.717, 1.165) is 3.92 Å². The maximum atomic E-state index is 2.52. The molecule has 0 aromatic rings. The smallest absolute Gasteiger partial charge is 0.0321 e. The Morgan fingerprint density at radius 1 is 1.50 bits per heavy atom. The number of allylic oxidation sites excluding steroid dienone is 2. The number of hydrogen-bond donors (Lipinski definition) is 0. The summed E-state index contributed by atoms with van der Waals surface area (Å²) in [4.78, 5) is 0. The molecule has 1 aliphatic carbocycles. The normalized spacial score (nSPS) is 29.6. The molecular formula is C7H11I. The van der Waals surface area contributed by atoms with E-state index in [1.165, 1.54) is 12.8 Å². The lowest BCUT2D eigenvalue weighted by Gasteiger charge is -1.97. The van der Waals surface area contributed by atoms with Crippen LogP contribution >= 0.6 is 22.6 Å². The fourth-order valence-corrected chi connectivity index (χ4v) is 1.87. The van der Waals surface area contributed by atoms with Gasteiger partial charge in [-0.3, -0.25) is 0 Å². The molecule has 1 heteroatoms. The van der Waals surface area contributed by atoms with Crippen LogP contribution in [0.5, 0.6) is 0 Å². The quantitative estimate of drug-likeness (QED) is 0.336. The van der Waals surface area contributed by atoms with Crippen LogP contribution in [-0.2, 0) is 0 Å². The second-order valence-electron chi connectivity index (χ2n) is 2.47. The molecule has 1 aliphatic rings. The molecule has 0 amide bonds. The predicted molar refractivity (Wildman–Crippen MR) is 45.4 cm³/mol. The summed E-state index contributed by atoms with van der Waals surface area (Å²) in [5.41, 5.74) is 3.23. The minimum Gasteiger partial charge on any atom is -0.0778 e. The van der Waals surface area contributed by atoms with E-state index >= 15 is 0 Å². The highest BCUT2D eigenvalue weighted by Crippen LogP contribution is 2.30. The molecule has 0 aliphatic heterocycles. The van der Waals surface area contributed by atoms with Gasteiger partial charge in [0.05, 0.1) is 0 Å². The van der Waals surface area contributed by atoms with Gasteiger partial charge in [0.25, 0.3) is 0 Å². The molecule has 0 aromatic heterocycles. The lowest BCUT2D eigenvalue weighted by atomic mass is 10.2. The van der Waals surface area contributed by atoms with E-state index in [1.807, 2.05) is 0 Å². The van der Waals surface area contributed by atoms with Crippen LogP contribution in [0, 0.1) is 0 Å². The molecule has 0 spiro atoms. The van der Waals surface area contributed by atoms with Gasteiger partial charge in [0.15, 0.2) is 0 Å². The molecule has 0 saturated heterocycles. The Bertz CT molecular complexity index is 124. The van der Waals surface area contributed by atoms with Gasteiger partial charge in [0, 0.05) is 3.92 Å². The van der Waals surface area contributed by atoms with Crippen LogP contribution in [0.25, 0.3) is 0 Å². The number of halogens is 1. The van der Waals surface area contributed by atoms with Crippen molar-refractivity contribution in [3.05, 3.63) is 11.1 Å². The van der Waals surface area contributed by atoms with Gasteiger partial charge in [0.1, 0.15) is 0 Å². The minimum absolute atomic E-state index is 0.840. The Labute approximate surface area is 64.5 Å². The standard InChI is InChI=1S/C7H11I/c1-5-3-4-7(8)6(5)2/h7H,3-4H2,1-2H3. The van der Waals surface area contributed by atoms with Crippen LogP contribution in [0.4, 0.5) is 0 Å². The van der Waals surface area contributed by atoms with Gasteiger partial charge in [-0.2, -0.15) is 0 Å². The Kier molecular flexibility index (Phi) is 1.96. The Hall–Kier alpha value is 0.470. The van der Waals surface area contributed by atoms with Crippen molar-refractivity contribution >= 4 is 22.6 Å². The summed E-state index contributed by atoms with van der Waals surface area (Å²) in [6, 6.07) is 0. The van der Waals surface area contributed by atoms with Crippen LogP contribution in [0.1, 0.15) is 26.7 Å². The molecule has 8 heavy (non-hydrogen) atoms. The van der Waals surface area contributed by atoms with E-state index in [9.17, 15) is 0 Å². The Balaban J connectivity index is 2.71. The molecule has 0 saturated carbocycles. The van der Waals surface area contributed by atoms with Crippen molar-refractivity contribution in [2.24, 2.45) is 0 Å². The Morgan fingerprint density at radius 2 is 2.12 bits per heavy atom. The molecule has 0 nitrogen and oxygen atoms in total. The maximum Gasteiger partial charge on any atom is 0.0321 e. The van der Waals surface area contributed by atoms with Crippen molar-refractivity contribution in [3.63, 3.8) is 0 Å². The number of hydrogen-bond acceptors (Lipinski definition) is 0. The molecule has 0 fully saturated rings.